The smallest absolute Gasteiger partial charge is 0.303 e. The summed E-state index contributed by atoms with van der Waals surface area (Å²) in [5, 5.41) is 24.2. The van der Waals surface area contributed by atoms with Gasteiger partial charge in [-0.1, -0.05) is 72.8 Å². The molecule has 0 aliphatic carbocycles. The summed E-state index contributed by atoms with van der Waals surface area (Å²) in [6.07, 6.45) is 0.0515. The number of benzene rings is 3. The lowest BCUT2D eigenvalue weighted by molar-refractivity contribution is -0.137. The van der Waals surface area contributed by atoms with E-state index in [9.17, 15) is 19.5 Å². The van der Waals surface area contributed by atoms with Crippen molar-refractivity contribution in [1.82, 2.24) is 10.6 Å². The molecule has 0 aliphatic heterocycles. The molecular formula is C27H28N2O5. The van der Waals surface area contributed by atoms with Crippen LogP contribution in [0.5, 0.6) is 0 Å². The van der Waals surface area contributed by atoms with Gasteiger partial charge < -0.3 is 20.8 Å². The fraction of sp³-hybridized carbons (Fsp3) is 0.222. The third-order valence-corrected chi connectivity index (χ3v) is 5.41. The van der Waals surface area contributed by atoms with Crippen molar-refractivity contribution in [1.29, 1.82) is 0 Å². The van der Waals surface area contributed by atoms with Crippen LogP contribution in [0.3, 0.4) is 0 Å². The number of rotatable bonds is 11. The van der Waals surface area contributed by atoms with Crippen molar-refractivity contribution in [2.45, 2.75) is 31.3 Å². The highest BCUT2D eigenvalue weighted by Crippen LogP contribution is 2.19. The molecule has 3 aromatic rings. The molecule has 0 fully saturated rings. The predicted octanol–water partition coefficient (Wildman–Crippen LogP) is 3.04. The molecule has 4 N–H and O–H groups in total. The summed E-state index contributed by atoms with van der Waals surface area (Å²) < 4.78 is 0. The van der Waals surface area contributed by atoms with Crippen LogP contribution in [0.25, 0.3) is 11.1 Å². The lowest BCUT2D eigenvalue weighted by atomic mass is 10.0. The number of carbonyl (C=O) groups excluding carboxylic acids is 2. The molecule has 7 heteroatoms. The molecule has 3 rings (SSSR count). The van der Waals surface area contributed by atoms with Crippen LogP contribution in [-0.4, -0.2) is 46.7 Å². The second kappa shape index (κ2) is 12.3. The van der Waals surface area contributed by atoms with E-state index in [1.165, 1.54) is 0 Å². The topological polar surface area (TPSA) is 116 Å². The molecule has 0 radical (unpaired) electrons. The number of aliphatic hydroxyl groups is 1. The van der Waals surface area contributed by atoms with E-state index >= 15 is 0 Å². The average Bonchev–Trinajstić information content (AvgIpc) is 2.87. The van der Waals surface area contributed by atoms with Gasteiger partial charge in [-0.15, -0.1) is 0 Å². The fourth-order valence-electron chi connectivity index (χ4n) is 3.58. The Morgan fingerprint density at radius 3 is 1.94 bits per heavy atom. The summed E-state index contributed by atoms with van der Waals surface area (Å²) in [6, 6.07) is 24.4. The number of aliphatic hydroxyl groups excluding tert-OH is 1. The zero-order chi connectivity index (χ0) is 24.3. The third-order valence-electron chi connectivity index (χ3n) is 5.41. The Kier molecular flexibility index (Phi) is 8.94. The largest absolute Gasteiger partial charge is 0.481 e. The Hall–Kier alpha value is -3.97. The van der Waals surface area contributed by atoms with E-state index in [-0.39, 0.29) is 19.4 Å². The normalized spacial score (nSPS) is 12.4. The van der Waals surface area contributed by atoms with Gasteiger partial charge in [-0.2, -0.15) is 0 Å². The SMILES string of the molecule is O=C(O)CC[C@H](NC(=O)c1ccc(-c2ccccc2)cc1)C(=O)N[C@H](CO)Cc1ccccc1. The number of hydrogen-bond acceptors (Lipinski definition) is 4. The van der Waals surface area contributed by atoms with Crippen LogP contribution in [0, 0.1) is 0 Å². The number of carboxylic acids is 1. The Morgan fingerprint density at radius 2 is 1.35 bits per heavy atom. The summed E-state index contributed by atoms with van der Waals surface area (Å²) in [4.78, 5) is 36.8. The summed E-state index contributed by atoms with van der Waals surface area (Å²) in [5.41, 5.74) is 3.26. The molecule has 0 saturated heterocycles. The van der Waals surface area contributed by atoms with E-state index in [1.54, 1.807) is 12.1 Å². The van der Waals surface area contributed by atoms with Crippen molar-refractivity contribution in [3.63, 3.8) is 0 Å². The lowest BCUT2D eigenvalue weighted by Crippen LogP contribution is -2.51. The highest BCUT2D eigenvalue weighted by Gasteiger charge is 2.24. The minimum atomic E-state index is -1.07. The molecule has 3 aromatic carbocycles. The first kappa shape index (κ1) is 24.7. The van der Waals surface area contributed by atoms with Gasteiger partial charge in [-0.25, -0.2) is 0 Å². The second-order valence-corrected chi connectivity index (χ2v) is 7.98. The van der Waals surface area contributed by atoms with Gasteiger partial charge in [0.15, 0.2) is 0 Å². The number of amides is 2. The van der Waals surface area contributed by atoms with Crippen molar-refractivity contribution < 1.29 is 24.6 Å². The fourth-order valence-corrected chi connectivity index (χ4v) is 3.58. The van der Waals surface area contributed by atoms with Gasteiger partial charge in [0.2, 0.25) is 5.91 Å². The Balaban J connectivity index is 1.67. The first-order valence-corrected chi connectivity index (χ1v) is 11.1. The molecule has 7 nitrogen and oxygen atoms in total. The average molecular weight is 461 g/mol. The third kappa shape index (κ3) is 7.28. The van der Waals surface area contributed by atoms with Gasteiger partial charge in [-0.05, 0) is 41.7 Å². The maximum atomic E-state index is 12.9. The van der Waals surface area contributed by atoms with Crippen LogP contribution >= 0.6 is 0 Å². The summed E-state index contributed by atoms with van der Waals surface area (Å²) in [6.45, 7) is -0.290. The Morgan fingerprint density at radius 1 is 0.765 bits per heavy atom. The quantitative estimate of drug-likeness (QED) is 0.351. The molecule has 0 aromatic heterocycles. The van der Waals surface area contributed by atoms with Crippen LogP contribution < -0.4 is 10.6 Å². The van der Waals surface area contributed by atoms with Crippen LogP contribution in [0.4, 0.5) is 0 Å². The van der Waals surface area contributed by atoms with E-state index in [2.05, 4.69) is 10.6 Å². The molecule has 0 spiro atoms. The van der Waals surface area contributed by atoms with Gasteiger partial charge in [0, 0.05) is 12.0 Å². The minimum Gasteiger partial charge on any atom is -0.481 e. The van der Waals surface area contributed by atoms with Crippen molar-refractivity contribution in [3.8, 4) is 11.1 Å². The number of hydrogen-bond donors (Lipinski definition) is 4. The standard InChI is InChI=1S/C27H28N2O5/c30-18-23(17-19-7-3-1-4-8-19)28-27(34)24(15-16-25(31)32)29-26(33)22-13-11-21(12-14-22)20-9-5-2-6-10-20/h1-14,23-24,30H,15-18H2,(H,28,34)(H,29,33)(H,31,32)/t23-,24-/m0/s1. The number of nitrogens with one attached hydrogen (secondary N) is 2. The lowest BCUT2D eigenvalue weighted by Gasteiger charge is -2.22. The van der Waals surface area contributed by atoms with Crippen molar-refractivity contribution in [3.05, 3.63) is 96.1 Å². The first-order chi connectivity index (χ1) is 16.5. The van der Waals surface area contributed by atoms with Crippen molar-refractivity contribution >= 4 is 17.8 Å². The van der Waals surface area contributed by atoms with Gasteiger partial charge in [0.05, 0.1) is 12.6 Å². The summed E-state index contributed by atoms with van der Waals surface area (Å²) in [5.74, 6) is -2.08. The van der Waals surface area contributed by atoms with E-state index < -0.39 is 29.9 Å². The van der Waals surface area contributed by atoms with Gasteiger partial charge in [-0.3, -0.25) is 14.4 Å². The molecule has 0 bridgehead atoms. The predicted molar refractivity (Wildman–Crippen MR) is 129 cm³/mol. The van der Waals surface area contributed by atoms with Crippen LogP contribution in [0.15, 0.2) is 84.9 Å². The zero-order valence-electron chi connectivity index (χ0n) is 18.7. The molecule has 34 heavy (non-hydrogen) atoms. The highest BCUT2D eigenvalue weighted by atomic mass is 16.4. The molecule has 0 saturated carbocycles. The molecular weight excluding hydrogens is 432 g/mol. The molecule has 2 amide bonds. The minimum absolute atomic E-state index is 0.0709. The zero-order valence-corrected chi connectivity index (χ0v) is 18.7. The van der Waals surface area contributed by atoms with Crippen molar-refractivity contribution in [2.75, 3.05) is 6.61 Å². The van der Waals surface area contributed by atoms with E-state index in [4.69, 9.17) is 5.11 Å². The molecule has 0 unspecified atom stereocenters. The van der Waals surface area contributed by atoms with Crippen LogP contribution in [0.2, 0.25) is 0 Å². The van der Waals surface area contributed by atoms with Crippen LogP contribution in [-0.2, 0) is 16.0 Å². The summed E-state index contributed by atoms with van der Waals surface area (Å²) >= 11 is 0. The maximum absolute atomic E-state index is 12.9. The maximum Gasteiger partial charge on any atom is 0.303 e. The monoisotopic (exact) mass is 460 g/mol. The molecule has 176 valence electrons. The van der Waals surface area contributed by atoms with Gasteiger partial charge in [0.1, 0.15) is 6.04 Å². The Labute approximate surface area is 198 Å². The van der Waals surface area contributed by atoms with Crippen LogP contribution in [0.1, 0.15) is 28.8 Å². The van der Waals surface area contributed by atoms with Gasteiger partial charge in [0.25, 0.3) is 5.91 Å². The Bertz CT molecular complexity index is 1090. The van der Waals surface area contributed by atoms with E-state index in [1.807, 2.05) is 72.8 Å². The first-order valence-electron chi connectivity index (χ1n) is 11.1. The van der Waals surface area contributed by atoms with E-state index in [0.29, 0.717) is 12.0 Å². The second-order valence-electron chi connectivity index (χ2n) is 7.98. The number of carboxylic acid groups (broad SMARTS) is 1. The van der Waals surface area contributed by atoms with E-state index in [0.717, 1.165) is 16.7 Å². The molecule has 0 heterocycles. The molecule has 2 atom stereocenters. The number of aliphatic carboxylic acids is 1. The number of carbonyl (C=O) groups is 3. The molecule has 0 aliphatic rings. The van der Waals surface area contributed by atoms with Gasteiger partial charge >= 0.3 is 5.97 Å². The van der Waals surface area contributed by atoms with Crippen molar-refractivity contribution in [2.24, 2.45) is 0 Å². The summed E-state index contributed by atoms with van der Waals surface area (Å²) in [7, 11) is 0. The highest BCUT2D eigenvalue weighted by molar-refractivity contribution is 5.98.